The first-order chi connectivity index (χ1) is 13.6. The number of benzene rings is 1. The van der Waals surface area contributed by atoms with E-state index in [0.717, 1.165) is 30.0 Å². The van der Waals surface area contributed by atoms with Gasteiger partial charge in [-0.15, -0.1) is 0 Å². The Hall–Kier alpha value is -2.89. The quantitative estimate of drug-likeness (QED) is 0.676. The Bertz CT molecular complexity index is 831. The van der Waals surface area contributed by atoms with Gasteiger partial charge in [0, 0.05) is 18.8 Å². The highest BCUT2D eigenvalue weighted by Crippen LogP contribution is 2.20. The zero-order chi connectivity index (χ0) is 19.8. The van der Waals surface area contributed by atoms with Crippen LogP contribution in [0.1, 0.15) is 53.8 Å². The van der Waals surface area contributed by atoms with Crippen molar-refractivity contribution in [1.29, 1.82) is 0 Å². The fourth-order valence-electron chi connectivity index (χ4n) is 3.25. The van der Waals surface area contributed by atoms with Crippen molar-refractivity contribution in [3.8, 4) is 5.75 Å². The van der Waals surface area contributed by atoms with Gasteiger partial charge in [0.05, 0.1) is 7.11 Å². The first-order valence-corrected chi connectivity index (χ1v) is 9.82. The van der Waals surface area contributed by atoms with Crippen LogP contribution in [0.25, 0.3) is 0 Å². The van der Waals surface area contributed by atoms with Crippen LogP contribution in [0, 0.1) is 6.92 Å². The fourth-order valence-corrected chi connectivity index (χ4v) is 3.25. The highest BCUT2D eigenvalue weighted by atomic mass is 16.5. The summed E-state index contributed by atoms with van der Waals surface area (Å²) in [5.74, 6) is 1.09. The molecule has 0 saturated carbocycles. The van der Waals surface area contributed by atoms with E-state index < -0.39 is 0 Å². The predicted octanol–water partition coefficient (Wildman–Crippen LogP) is 4.03. The number of ether oxygens (including phenoxy) is 1. The standard InChI is InChI=1S/C22H28N4O2/c1-16-14-20(21(27)24-15-18-8-10-19(28-2)11-9-18)26-22(25-16)23-13-12-17-6-4-3-5-7-17/h6,8-11,14H,3-5,7,12-13,15H2,1-2H3,(H,24,27)(H,23,25,26). The molecule has 0 aliphatic heterocycles. The molecule has 1 aliphatic rings. The van der Waals surface area contributed by atoms with E-state index in [0.29, 0.717) is 18.2 Å². The molecular weight excluding hydrogens is 352 g/mol. The molecule has 6 heteroatoms. The molecule has 0 fully saturated rings. The predicted molar refractivity (Wildman–Crippen MR) is 111 cm³/mol. The molecule has 0 bridgehead atoms. The number of nitrogens with one attached hydrogen (secondary N) is 2. The second kappa shape index (κ2) is 9.88. The summed E-state index contributed by atoms with van der Waals surface area (Å²) in [4.78, 5) is 21.3. The van der Waals surface area contributed by atoms with E-state index in [1.165, 1.54) is 31.3 Å². The molecule has 0 unspecified atom stereocenters. The minimum Gasteiger partial charge on any atom is -0.497 e. The van der Waals surface area contributed by atoms with E-state index in [2.05, 4.69) is 26.7 Å². The number of amides is 1. The first-order valence-electron chi connectivity index (χ1n) is 9.82. The highest BCUT2D eigenvalue weighted by molar-refractivity contribution is 5.92. The Balaban J connectivity index is 1.55. The Kier molecular flexibility index (Phi) is 7.00. The van der Waals surface area contributed by atoms with Gasteiger partial charge in [-0.05, 0) is 62.8 Å². The normalized spacial score (nSPS) is 13.6. The molecule has 0 atom stereocenters. The van der Waals surface area contributed by atoms with Crippen molar-refractivity contribution in [3.05, 3.63) is 58.9 Å². The molecule has 0 saturated heterocycles. The van der Waals surface area contributed by atoms with E-state index in [-0.39, 0.29) is 5.91 Å². The Morgan fingerprint density at radius 1 is 1.18 bits per heavy atom. The van der Waals surface area contributed by atoms with Gasteiger partial charge in [-0.25, -0.2) is 9.97 Å². The van der Waals surface area contributed by atoms with Gasteiger partial charge in [-0.1, -0.05) is 23.8 Å². The Labute approximate surface area is 166 Å². The van der Waals surface area contributed by atoms with Crippen molar-refractivity contribution in [3.63, 3.8) is 0 Å². The maximum Gasteiger partial charge on any atom is 0.270 e. The number of anilines is 1. The molecule has 2 aromatic rings. The molecule has 1 heterocycles. The monoisotopic (exact) mass is 380 g/mol. The fraction of sp³-hybridized carbons (Fsp3) is 0.409. The van der Waals surface area contributed by atoms with Gasteiger partial charge >= 0.3 is 0 Å². The molecule has 0 radical (unpaired) electrons. The molecule has 1 amide bonds. The minimum atomic E-state index is -0.209. The Morgan fingerprint density at radius 3 is 2.71 bits per heavy atom. The highest BCUT2D eigenvalue weighted by Gasteiger charge is 2.11. The summed E-state index contributed by atoms with van der Waals surface area (Å²) in [6, 6.07) is 9.31. The van der Waals surface area contributed by atoms with Gasteiger partial charge in [0.25, 0.3) is 5.91 Å². The number of allylic oxidation sites excluding steroid dienone is 1. The van der Waals surface area contributed by atoms with Crippen LogP contribution < -0.4 is 15.4 Å². The number of aryl methyl sites for hydroxylation is 1. The molecule has 0 spiro atoms. The van der Waals surface area contributed by atoms with Gasteiger partial charge in [0.2, 0.25) is 5.95 Å². The molecule has 28 heavy (non-hydrogen) atoms. The summed E-state index contributed by atoms with van der Waals surface area (Å²) in [5.41, 5.74) is 3.65. The van der Waals surface area contributed by atoms with Crippen LogP contribution in [-0.4, -0.2) is 29.5 Å². The van der Waals surface area contributed by atoms with Crippen LogP contribution in [0.2, 0.25) is 0 Å². The third kappa shape index (κ3) is 5.81. The SMILES string of the molecule is COc1ccc(CNC(=O)c2cc(C)nc(NCCC3=CCCCC3)n2)cc1. The van der Waals surface area contributed by atoms with Crippen LogP contribution in [0.3, 0.4) is 0 Å². The van der Waals surface area contributed by atoms with Crippen molar-refractivity contribution in [2.75, 3.05) is 19.0 Å². The molecular formula is C22H28N4O2. The lowest BCUT2D eigenvalue weighted by molar-refractivity contribution is 0.0945. The molecule has 3 rings (SSSR count). The van der Waals surface area contributed by atoms with Crippen LogP contribution in [0.5, 0.6) is 5.75 Å². The number of carbonyl (C=O) groups excluding carboxylic acids is 1. The third-order valence-electron chi connectivity index (χ3n) is 4.81. The lowest BCUT2D eigenvalue weighted by atomic mass is 9.97. The summed E-state index contributed by atoms with van der Waals surface area (Å²) < 4.78 is 5.15. The number of hydrogen-bond acceptors (Lipinski definition) is 5. The van der Waals surface area contributed by atoms with Crippen LogP contribution in [-0.2, 0) is 6.54 Å². The van der Waals surface area contributed by atoms with Crippen LogP contribution in [0.4, 0.5) is 5.95 Å². The van der Waals surface area contributed by atoms with Gasteiger partial charge in [0.1, 0.15) is 11.4 Å². The molecule has 1 aromatic carbocycles. The van der Waals surface area contributed by atoms with E-state index in [4.69, 9.17) is 4.74 Å². The van der Waals surface area contributed by atoms with Crippen molar-refractivity contribution in [2.45, 2.75) is 45.6 Å². The number of carbonyl (C=O) groups is 1. The second-order valence-corrected chi connectivity index (χ2v) is 7.03. The number of hydrogen-bond donors (Lipinski definition) is 2. The van der Waals surface area contributed by atoms with Crippen molar-refractivity contribution >= 4 is 11.9 Å². The van der Waals surface area contributed by atoms with Gasteiger partial charge in [-0.2, -0.15) is 0 Å². The van der Waals surface area contributed by atoms with Crippen molar-refractivity contribution < 1.29 is 9.53 Å². The molecule has 6 nitrogen and oxygen atoms in total. The van der Waals surface area contributed by atoms with Gasteiger partial charge in [0.15, 0.2) is 0 Å². The topological polar surface area (TPSA) is 76.1 Å². The number of methoxy groups -OCH3 is 1. The summed E-state index contributed by atoms with van der Waals surface area (Å²) in [6.45, 7) is 3.09. The average Bonchev–Trinajstić information content (AvgIpc) is 2.73. The maximum absolute atomic E-state index is 12.5. The minimum absolute atomic E-state index is 0.209. The Morgan fingerprint density at radius 2 is 2.00 bits per heavy atom. The van der Waals surface area contributed by atoms with Crippen LogP contribution >= 0.6 is 0 Å². The van der Waals surface area contributed by atoms with E-state index >= 15 is 0 Å². The number of aromatic nitrogens is 2. The molecule has 148 valence electrons. The lowest BCUT2D eigenvalue weighted by Crippen LogP contribution is -2.24. The summed E-state index contributed by atoms with van der Waals surface area (Å²) in [7, 11) is 1.63. The largest absolute Gasteiger partial charge is 0.497 e. The summed E-state index contributed by atoms with van der Waals surface area (Å²) in [5, 5.41) is 6.17. The molecule has 2 N–H and O–H groups in total. The number of nitrogens with zero attached hydrogens (tertiary/aromatic N) is 2. The van der Waals surface area contributed by atoms with E-state index in [9.17, 15) is 4.79 Å². The summed E-state index contributed by atoms with van der Waals surface area (Å²) in [6.07, 6.45) is 8.30. The third-order valence-corrected chi connectivity index (χ3v) is 4.81. The van der Waals surface area contributed by atoms with Crippen molar-refractivity contribution in [1.82, 2.24) is 15.3 Å². The smallest absolute Gasteiger partial charge is 0.270 e. The van der Waals surface area contributed by atoms with E-state index in [1.54, 1.807) is 13.2 Å². The average molecular weight is 380 g/mol. The maximum atomic E-state index is 12.5. The van der Waals surface area contributed by atoms with Gasteiger partial charge < -0.3 is 15.4 Å². The van der Waals surface area contributed by atoms with E-state index in [1.807, 2.05) is 31.2 Å². The first kappa shape index (κ1) is 19.9. The molecule has 1 aliphatic carbocycles. The zero-order valence-corrected chi connectivity index (χ0v) is 16.6. The number of rotatable bonds is 8. The molecule has 1 aromatic heterocycles. The summed E-state index contributed by atoms with van der Waals surface area (Å²) >= 11 is 0. The zero-order valence-electron chi connectivity index (χ0n) is 16.6. The van der Waals surface area contributed by atoms with Gasteiger partial charge in [-0.3, -0.25) is 4.79 Å². The second-order valence-electron chi connectivity index (χ2n) is 7.03. The van der Waals surface area contributed by atoms with Crippen molar-refractivity contribution in [2.24, 2.45) is 0 Å². The lowest BCUT2D eigenvalue weighted by Gasteiger charge is -2.13. The van der Waals surface area contributed by atoms with Crippen LogP contribution in [0.15, 0.2) is 42.0 Å².